The first-order chi connectivity index (χ1) is 9.15. The van der Waals surface area contributed by atoms with Gasteiger partial charge >= 0.3 is 5.97 Å². The van der Waals surface area contributed by atoms with Crippen LogP contribution in [0.3, 0.4) is 0 Å². The van der Waals surface area contributed by atoms with E-state index in [9.17, 15) is 15.0 Å². The monoisotopic (exact) mass is 258 g/mol. The molecule has 1 aliphatic heterocycles. The summed E-state index contributed by atoms with van der Waals surface area (Å²) in [4.78, 5) is 11.2. The number of hydrogen-bond donors (Lipinski definition) is 2. The maximum atomic E-state index is 11.2. The van der Waals surface area contributed by atoms with Crippen molar-refractivity contribution in [2.45, 2.75) is 0 Å². The molecule has 96 valence electrons. The van der Waals surface area contributed by atoms with Crippen LogP contribution in [0.25, 0.3) is 11.1 Å². The fourth-order valence-corrected chi connectivity index (χ4v) is 2.02. The third kappa shape index (κ3) is 1.95. The molecule has 1 heterocycles. The van der Waals surface area contributed by atoms with Gasteiger partial charge in [-0.25, -0.2) is 4.79 Å². The fraction of sp³-hybridized carbons (Fsp3) is 0.0714. The van der Waals surface area contributed by atoms with Crippen LogP contribution in [-0.2, 0) is 0 Å². The molecule has 0 atom stereocenters. The largest absolute Gasteiger partial charge is 0.508 e. The third-order valence-corrected chi connectivity index (χ3v) is 2.92. The Kier molecular flexibility index (Phi) is 2.52. The number of hydrogen-bond acceptors (Lipinski definition) is 4. The zero-order chi connectivity index (χ0) is 13.4. The van der Waals surface area contributed by atoms with Crippen molar-refractivity contribution in [1.82, 2.24) is 0 Å². The van der Waals surface area contributed by atoms with Crippen molar-refractivity contribution in [2.75, 3.05) is 6.79 Å². The Hall–Kier alpha value is -2.69. The van der Waals surface area contributed by atoms with E-state index < -0.39 is 5.97 Å². The molecule has 19 heavy (non-hydrogen) atoms. The van der Waals surface area contributed by atoms with E-state index in [-0.39, 0.29) is 18.1 Å². The predicted octanol–water partition coefficient (Wildman–Crippen LogP) is 2.49. The number of benzene rings is 2. The van der Waals surface area contributed by atoms with E-state index in [4.69, 9.17) is 9.47 Å². The minimum atomic E-state index is -1.05. The lowest BCUT2D eigenvalue weighted by atomic mass is 9.99. The fourth-order valence-electron chi connectivity index (χ4n) is 2.02. The molecule has 0 radical (unpaired) electrons. The van der Waals surface area contributed by atoms with Crippen molar-refractivity contribution in [1.29, 1.82) is 0 Å². The SMILES string of the molecule is O=C(O)c1ccc(O)cc1-c1ccc2c(c1)OCO2. The Bertz CT molecular complexity index is 663. The standard InChI is InChI=1S/C14H10O5/c15-9-2-3-10(14(16)17)11(6-9)8-1-4-12-13(5-8)19-7-18-12/h1-6,15H,7H2,(H,16,17). The highest BCUT2D eigenvalue weighted by molar-refractivity contribution is 5.96. The van der Waals surface area contributed by atoms with E-state index in [0.717, 1.165) is 0 Å². The molecule has 0 amide bonds. The molecule has 5 heteroatoms. The van der Waals surface area contributed by atoms with E-state index in [0.29, 0.717) is 22.6 Å². The van der Waals surface area contributed by atoms with Gasteiger partial charge in [-0.1, -0.05) is 6.07 Å². The van der Waals surface area contributed by atoms with Gasteiger partial charge in [-0.2, -0.15) is 0 Å². The topological polar surface area (TPSA) is 76.0 Å². The number of carbonyl (C=O) groups is 1. The highest BCUT2D eigenvalue weighted by Crippen LogP contribution is 2.37. The van der Waals surface area contributed by atoms with Gasteiger partial charge in [-0.05, 0) is 41.5 Å². The van der Waals surface area contributed by atoms with Crippen LogP contribution >= 0.6 is 0 Å². The first-order valence-electron chi connectivity index (χ1n) is 5.61. The first kappa shape index (κ1) is 11.4. The Morgan fingerprint density at radius 3 is 2.63 bits per heavy atom. The summed E-state index contributed by atoms with van der Waals surface area (Å²) in [5.74, 6) is 0.156. The van der Waals surface area contributed by atoms with Gasteiger partial charge in [-0.15, -0.1) is 0 Å². The number of fused-ring (bicyclic) bond motifs is 1. The molecule has 0 saturated heterocycles. The second kappa shape index (κ2) is 4.20. The van der Waals surface area contributed by atoms with E-state index in [1.54, 1.807) is 18.2 Å². The number of phenolic OH excluding ortho intramolecular Hbond substituents is 1. The minimum Gasteiger partial charge on any atom is -0.508 e. The second-order valence-electron chi connectivity index (χ2n) is 4.10. The number of rotatable bonds is 2. The van der Waals surface area contributed by atoms with Crippen LogP contribution in [0.1, 0.15) is 10.4 Å². The highest BCUT2D eigenvalue weighted by Gasteiger charge is 2.17. The average Bonchev–Trinajstić information content (AvgIpc) is 2.85. The quantitative estimate of drug-likeness (QED) is 0.865. The smallest absolute Gasteiger partial charge is 0.336 e. The van der Waals surface area contributed by atoms with Crippen molar-refractivity contribution in [3.63, 3.8) is 0 Å². The van der Waals surface area contributed by atoms with E-state index in [1.165, 1.54) is 18.2 Å². The molecule has 0 bridgehead atoms. The number of ether oxygens (including phenoxy) is 2. The number of carboxylic acids is 1. The van der Waals surface area contributed by atoms with Crippen LogP contribution in [0.15, 0.2) is 36.4 Å². The molecule has 0 spiro atoms. The summed E-state index contributed by atoms with van der Waals surface area (Å²) in [6.07, 6.45) is 0. The summed E-state index contributed by atoms with van der Waals surface area (Å²) >= 11 is 0. The number of aromatic carboxylic acids is 1. The van der Waals surface area contributed by atoms with Gasteiger partial charge in [0.25, 0.3) is 0 Å². The van der Waals surface area contributed by atoms with Crippen LogP contribution in [0.2, 0.25) is 0 Å². The molecule has 0 unspecified atom stereocenters. The molecule has 0 aliphatic carbocycles. The summed E-state index contributed by atoms with van der Waals surface area (Å²) < 4.78 is 10.5. The van der Waals surface area contributed by atoms with Crippen LogP contribution in [-0.4, -0.2) is 23.0 Å². The number of aromatic hydroxyl groups is 1. The van der Waals surface area contributed by atoms with Crippen LogP contribution in [0.5, 0.6) is 17.2 Å². The lowest BCUT2D eigenvalue weighted by Gasteiger charge is -2.08. The maximum absolute atomic E-state index is 11.2. The Labute approximate surface area is 108 Å². The van der Waals surface area contributed by atoms with E-state index >= 15 is 0 Å². The molecular weight excluding hydrogens is 248 g/mol. The lowest BCUT2D eigenvalue weighted by molar-refractivity contribution is 0.0697. The molecule has 2 aromatic rings. The van der Waals surface area contributed by atoms with Crippen LogP contribution < -0.4 is 9.47 Å². The van der Waals surface area contributed by atoms with Crippen LogP contribution in [0, 0.1) is 0 Å². The molecule has 3 rings (SSSR count). The van der Waals surface area contributed by atoms with Crippen molar-refractivity contribution in [3.8, 4) is 28.4 Å². The zero-order valence-electron chi connectivity index (χ0n) is 9.79. The summed E-state index contributed by atoms with van der Waals surface area (Å²) in [6, 6.07) is 9.28. The lowest BCUT2D eigenvalue weighted by Crippen LogP contribution is -1.99. The second-order valence-corrected chi connectivity index (χ2v) is 4.10. The Morgan fingerprint density at radius 2 is 1.84 bits per heavy atom. The number of phenols is 1. The van der Waals surface area contributed by atoms with Crippen molar-refractivity contribution < 1.29 is 24.5 Å². The predicted molar refractivity (Wildman–Crippen MR) is 66.6 cm³/mol. The van der Waals surface area contributed by atoms with Crippen molar-refractivity contribution in [3.05, 3.63) is 42.0 Å². The molecule has 1 aliphatic rings. The molecule has 2 aromatic carbocycles. The molecule has 2 N–H and O–H groups in total. The molecule has 5 nitrogen and oxygen atoms in total. The Balaban J connectivity index is 2.16. The molecule has 0 saturated carbocycles. The maximum Gasteiger partial charge on any atom is 0.336 e. The van der Waals surface area contributed by atoms with Gasteiger partial charge < -0.3 is 19.7 Å². The molecule has 0 fully saturated rings. The molecular formula is C14H10O5. The third-order valence-electron chi connectivity index (χ3n) is 2.92. The van der Waals surface area contributed by atoms with Gasteiger partial charge in [0.15, 0.2) is 11.5 Å². The number of carboxylic acid groups (broad SMARTS) is 1. The summed E-state index contributed by atoms with van der Waals surface area (Å²) in [6.45, 7) is 0.157. The van der Waals surface area contributed by atoms with E-state index in [2.05, 4.69) is 0 Å². The van der Waals surface area contributed by atoms with Gasteiger partial charge in [0.1, 0.15) is 5.75 Å². The highest BCUT2D eigenvalue weighted by atomic mass is 16.7. The van der Waals surface area contributed by atoms with Gasteiger partial charge in [-0.3, -0.25) is 0 Å². The normalized spacial score (nSPS) is 12.4. The van der Waals surface area contributed by atoms with E-state index in [1.807, 2.05) is 0 Å². The zero-order valence-corrected chi connectivity index (χ0v) is 9.79. The summed E-state index contributed by atoms with van der Waals surface area (Å²) in [5.41, 5.74) is 1.21. The molecule has 0 aromatic heterocycles. The van der Waals surface area contributed by atoms with Crippen molar-refractivity contribution in [2.24, 2.45) is 0 Å². The minimum absolute atomic E-state index is 0.0117. The van der Waals surface area contributed by atoms with Crippen molar-refractivity contribution >= 4 is 5.97 Å². The summed E-state index contributed by atoms with van der Waals surface area (Å²) in [5, 5.41) is 18.7. The van der Waals surface area contributed by atoms with Gasteiger partial charge in [0, 0.05) is 0 Å². The van der Waals surface area contributed by atoms with Gasteiger partial charge in [0.05, 0.1) is 5.56 Å². The van der Waals surface area contributed by atoms with Gasteiger partial charge in [0.2, 0.25) is 6.79 Å². The first-order valence-corrected chi connectivity index (χ1v) is 5.61. The average molecular weight is 258 g/mol. The van der Waals surface area contributed by atoms with Crippen LogP contribution in [0.4, 0.5) is 0 Å². The Morgan fingerprint density at radius 1 is 1.05 bits per heavy atom. The summed E-state index contributed by atoms with van der Waals surface area (Å²) in [7, 11) is 0.